The van der Waals surface area contributed by atoms with Crippen LogP contribution in [-0.4, -0.2) is 32.5 Å². The largest absolute Gasteiger partial charge is 0.362 e. The van der Waals surface area contributed by atoms with E-state index < -0.39 is 13.5 Å². The fourth-order valence-electron chi connectivity index (χ4n) is 0.409. The zero-order valence-electron chi connectivity index (χ0n) is 8.13. The van der Waals surface area contributed by atoms with Crippen LogP contribution in [0.1, 0.15) is 6.92 Å². The average Bonchev–Trinajstić information content (AvgIpc) is 1.97. The Morgan fingerprint density at radius 1 is 1.47 bits per heavy atom. The molecule has 0 aromatic rings. The fourth-order valence-corrected chi connectivity index (χ4v) is 0.874. The van der Waals surface area contributed by atoms with Crippen LogP contribution in [0, 0.1) is 0 Å². The van der Waals surface area contributed by atoms with Gasteiger partial charge < -0.3 is 22.1 Å². The molecule has 92 valence electrons. The molecule has 1 amide bonds. The summed E-state index contributed by atoms with van der Waals surface area (Å²) in [5.74, 6) is -0.609. The number of carbonyl (C=O) groups excluding carboxylic acids is 1. The van der Waals surface area contributed by atoms with Gasteiger partial charge in [-0.25, -0.2) is 5.06 Å². The summed E-state index contributed by atoms with van der Waals surface area (Å²) in [5, 5.41) is 9.14. The maximum absolute atomic E-state index is 10.5. The molecule has 0 unspecified atom stereocenters. The summed E-state index contributed by atoms with van der Waals surface area (Å²) in [6, 6.07) is 0. The molecule has 0 rings (SSSR count). The zero-order chi connectivity index (χ0) is 10.6. The molecule has 0 aliphatic rings. The van der Waals surface area contributed by atoms with E-state index in [4.69, 9.17) is 15.0 Å². The molecule has 0 spiro atoms. The van der Waals surface area contributed by atoms with Crippen molar-refractivity contribution >= 4 is 29.4 Å². The number of hydrogen-bond donors (Lipinski definition) is 5. The molecule has 0 fully saturated rings. The van der Waals surface area contributed by atoms with Gasteiger partial charge in [0.2, 0.25) is 5.91 Å². The number of halogens is 1. The van der Waals surface area contributed by atoms with E-state index in [-0.39, 0.29) is 23.1 Å². The predicted octanol–water partition coefficient (Wildman–Crippen LogP) is 0.962. The highest BCUT2D eigenvalue weighted by molar-refractivity contribution is 9.13. The summed E-state index contributed by atoms with van der Waals surface area (Å²) in [6.07, 6.45) is 1.02. The summed E-state index contributed by atoms with van der Waals surface area (Å²) < 4.78 is 10.1. The highest BCUT2D eigenvalue weighted by Crippen LogP contribution is 2.48. The van der Waals surface area contributed by atoms with Gasteiger partial charge in [0.1, 0.15) is 4.22 Å². The Morgan fingerprint density at radius 3 is 2.13 bits per heavy atom. The Labute approximate surface area is 95.4 Å². The lowest BCUT2D eigenvalue weighted by molar-refractivity contribution is -0.160. The first kappa shape index (κ1) is 20.2. The van der Waals surface area contributed by atoms with Crippen molar-refractivity contribution in [3.63, 3.8) is 0 Å². The van der Waals surface area contributed by atoms with E-state index in [2.05, 4.69) is 15.9 Å². The Morgan fingerprint density at radius 2 is 1.87 bits per heavy atom. The second-order valence-electron chi connectivity index (χ2n) is 2.17. The van der Waals surface area contributed by atoms with Crippen molar-refractivity contribution in [2.24, 2.45) is 0 Å². The summed E-state index contributed by atoms with van der Waals surface area (Å²) in [5.41, 5.74) is 0. The Hall–Kier alpha value is -0.280. The molecule has 0 radical (unpaired) electrons. The van der Waals surface area contributed by atoms with Crippen molar-refractivity contribution in [2.75, 3.05) is 6.54 Å². The molecular formula is C5H15BrN3O5P. The van der Waals surface area contributed by atoms with Crippen molar-refractivity contribution < 1.29 is 24.4 Å². The quantitative estimate of drug-likeness (QED) is 0.294. The Bertz CT molecular complexity index is 278. The molecule has 0 heterocycles. The van der Waals surface area contributed by atoms with Crippen LogP contribution in [-0.2, 0) is 9.36 Å². The van der Waals surface area contributed by atoms with Gasteiger partial charge in [-0.05, 0) is 22.0 Å². The predicted molar refractivity (Wildman–Crippen MR) is 58.3 cm³/mol. The van der Waals surface area contributed by atoms with Gasteiger partial charge in [-0.15, -0.1) is 0 Å². The molecule has 0 atom stereocenters. The van der Waals surface area contributed by atoms with Gasteiger partial charge in [-0.3, -0.25) is 14.6 Å². The van der Waals surface area contributed by atoms with E-state index in [0.717, 1.165) is 13.0 Å². The molecule has 0 aliphatic heterocycles. The summed E-state index contributed by atoms with van der Waals surface area (Å²) in [4.78, 5) is 27.5. The van der Waals surface area contributed by atoms with Crippen molar-refractivity contribution in [1.29, 1.82) is 0 Å². The van der Waals surface area contributed by atoms with Crippen molar-refractivity contribution in [2.45, 2.75) is 6.92 Å². The van der Waals surface area contributed by atoms with E-state index in [1.54, 1.807) is 0 Å². The first-order valence-electron chi connectivity index (χ1n) is 3.14. The van der Waals surface area contributed by atoms with Crippen LogP contribution in [0.25, 0.3) is 0 Å². The van der Waals surface area contributed by atoms with Crippen molar-refractivity contribution in [3.05, 3.63) is 10.3 Å². The minimum Gasteiger partial charge on any atom is -0.344 e. The maximum Gasteiger partial charge on any atom is 0.362 e. The lowest BCUT2D eigenvalue weighted by Gasteiger charge is -2.09. The monoisotopic (exact) mass is 307 g/mol. The van der Waals surface area contributed by atoms with Crippen LogP contribution in [0.3, 0.4) is 0 Å². The third kappa shape index (κ3) is 8.70. The van der Waals surface area contributed by atoms with Crippen LogP contribution in [0.5, 0.6) is 0 Å². The second-order valence-corrected chi connectivity index (χ2v) is 5.21. The molecule has 15 heavy (non-hydrogen) atoms. The Kier molecular flexibility index (Phi) is 10.7. The molecule has 8 nitrogen and oxygen atoms in total. The smallest absolute Gasteiger partial charge is 0.344 e. The van der Waals surface area contributed by atoms with E-state index in [1.165, 1.54) is 0 Å². The number of hydrogen-bond acceptors (Lipinski definition) is 5. The van der Waals surface area contributed by atoms with Gasteiger partial charge in [-0.2, -0.15) is 0 Å². The third-order valence-electron chi connectivity index (χ3n) is 1.07. The van der Waals surface area contributed by atoms with Crippen LogP contribution in [0.2, 0.25) is 0 Å². The number of rotatable bonds is 3. The topological polar surface area (TPSA) is 168 Å². The molecule has 0 aromatic heterocycles. The number of hydroxylamine groups is 2. The lowest BCUT2D eigenvalue weighted by Crippen LogP contribution is -2.24. The second kappa shape index (κ2) is 7.94. The normalized spacial score (nSPS) is 11.1. The zero-order valence-corrected chi connectivity index (χ0v) is 10.6. The number of nitrogens with zero attached hydrogens (tertiary/aromatic N) is 1. The van der Waals surface area contributed by atoms with E-state index in [9.17, 15) is 9.36 Å². The minimum atomic E-state index is -4.31. The SMILES string of the molecule is CC(=O)N(O)C/C=C(\Br)P(=O)(O)O.N.N. The summed E-state index contributed by atoms with van der Waals surface area (Å²) in [7, 11) is -4.31. The molecule has 0 aromatic carbocycles. The van der Waals surface area contributed by atoms with E-state index in [0.29, 0.717) is 5.06 Å². The lowest BCUT2D eigenvalue weighted by atomic mass is 10.6. The highest BCUT2D eigenvalue weighted by atomic mass is 79.9. The van der Waals surface area contributed by atoms with Crippen LogP contribution in [0.4, 0.5) is 0 Å². The standard InChI is InChI=1S/C5H9BrNO5P.2H3N/c1-4(8)7(9)3-2-5(6)13(10,11)12;;/h2,9H,3H2,1H3,(H2,10,11,12);2*1H3/b5-2+;;. The van der Waals surface area contributed by atoms with Crippen LogP contribution in [0.15, 0.2) is 10.3 Å². The molecule has 0 saturated carbocycles. The Balaban J connectivity index is -0.000000720. The first-order chi connectivity index (χ1) is 5.75. The van der Waals surface area contributed by atoms with E-state index >= 15 is 0 Å². The first-order valence-corrected chi connectivity index (χ1v) is 5.54. The van der Waals surface area contributed by atoms with Gasteiger partial charge in [-0.1, -0.05) is 0 Å². The van der Waals surface area contributed by atoms with E-state index in [1.807, 2.05) is 0 Å². The van der Waals surface area contributed by atoms with Crippen molar-refractivity contribution in [3.8, 4) is 0 Å². The van der Waals surface area contributed by atoms with Gasteiger partial charge in [0.15, 0.2) is 0 Å². The highest BCUT2D eigenvalue weighted by Gasteiger charge is 2.17. The molecule has 0 bridgehead atoms. The average molecular weight is 308 g/mol. The molecule has 9 N–H and O–H groups in total. The van der Waals surface area contributed by atoms with Crippen molar-refractivity contribution in [1.82, 2.24) is 17.4 Å². The fraction of sp³-hybridized carbons (Fsp3) is 0.400. The van der Waals surface area contributed by atoms with Gasteiger partial charge in [0.05, 0.1) is 6.54 Å². The summed E-state index contributed by atoms with van der Waals surface area (Å²) >= 11 is 2.62. The number of amides is 1. The molecule has 0 saturated heterocycles. The van der Waals surface area contributed by atoms with Gasteiger partial charge in [0.25, 0.3) is 0 Å². The van der Waals surface area contributed by atoms with Crippen LogP contribution >= 0.6 is 23.5 Å². The molecular weight excluding hydrogens is 293 g/mol. The third-order valence-corrected chi connectivity index (χ3v) is 3.52. The van der Waals surface area contributed by atoms with Gasteiger partial charge >= 0.3 is 7.60 Å². The van der Waals surface area contributed by atoms with Crippen LogP contribution < -0.4 is 12.3 Å². The molecule has 0 aliphatic carbocycles. The summed E-state index contributed by atoms with van der Waals surface area (Å²) in [6.45, 7) is 0.847. The maximum atomic E-state index is 10.5. The number of carbonyl (C=O) groups is 1. The molecule has 10 heteroatoms. The minimum absolute atomic E-state index is 0. The van der Waals surface area contributed by atoms with Gasteiger partial charge in [0, 0.05) is 6.92 Å².